The van der Waals surface area contributed by atoms with Crippen molar-refractivity contribution in [2.45, 2.75) is 26.7 Å². The molecule has 0 spiro atoms. The second-order valence-corrected chi connectivity index (χ2v) is 3.32. The zero-order chi connectivity index (χ0) is 9.97. The number of nitrogens with one attached hydrogen (secondary N) is 2. The van der Waals surface area contributed by atoms with E-state index in [1.165, 1.54) is 5.56 Å². The molecule has 2 N–H and O–H groups in total. The second kappa shape index (κ2) is 3.61. The molecule has 0 atom stereocenters. The molecule has 0 saturated heterocycles. The number of aromatic nitrogens is 5. The average Bonchev–Trinajstić information content (AvgIpc) is 2.77. The van der Waals surface area contributed by atoms with Gasteiger partial charge in [-0.2, -0.15) is 5.10 Å². The Hall–Kier alpha value is -1.65. The van der Waals surface area contributed by atoms with Gasteiger partial charge in [0, 0.05) is 5.69 Å². The van der Waals surface area contributed by atoms with Crippen LogP contribution in [0.2, 0.25) is 0 Å². The van der Waals surface area contributed by atoms with Gasteiger partial charge in [-0.3, -0.25) is 10.2 Å². The minimum Gasteiger partial charge on any atom is -0.282 e. The summed E-state index contributed by atoms with van der Waals surface area (Å²) in [6, 6.07) is 0. The van der Waals surface area contributed by atoms with E-state index in [1.807, 2.05) is 6.92 Å². The molecule has 0 saturated carbocycles. The highest BCUT2D eigenvalue weighted by atomic mass is 15.3. The zero-order valence-corrected chi connectivity index (χ0v) is 8.26. The van der Waals surface area contributed by atoms with Crippen LogP contribution in [0.4, 0.5) is 0 Å². The van der Waals surface area contributed by atoms with E-state index in [0.717, 1.165) is 29.9 Å². The average molecular weight is 190 g/mol. The topological polar surface area (TPSA) is 70.2 Å². The van der Waals surface area contributed by atoms with Gasteiger partial charge in [0.25, 0.3) is 0 Å². The van der Waals surface area contributed by atoms with E-state index < -0.39 is 0 Å². The Morgan fingerprint density at radius 1 is 1.21 bits per heavy atom. The van der Waals surface area contributed by atoms with Crippen molar-refractivity contribution >= 4 is 0 Å². The van der Waals surface area contributed by atoms with E-state index in [0.29, 0.717) is 0 Å². The summed E-state index contributed by atoms with van der Waals surface area (Å²) < 4.78 is 0. The standard InChI is InChI=1S/C9H12N5/c1-6-7(2)11-13-9(6)4-3-8-5-10-14-12-8/h3-4H2,1-2H3,(H,11,13)(H,10,12,14). The molecule has 14 heavy (non-hydrogen) atoms. The lowest BCUT2D eigenvalue weighted by atomic mass is 10.1. The molecule has 0 aliphatic heterocycles. The Balaban J connectivity index is 2.02. The smallest absolute Gasteiger partial charge is 0.138 e. The first-order valence-corrected chi connectivity index (χ1v) is 4.55. The van der Waals surface area contributed by atoms with Crippen LogP contribution >= 0.6 is 0 Å². The molecule has 5 nitrogen and oxygen atoms in total. The monoisotopic (exact) mass is 190 g/mol. The molecule has 0 aromatic carbocycles. The number of hydrogen-bond donors (Lipinski definition) is 2. The third-order valence-corrected chi connectivity index (χ3v) is 2.39. The summed E-state index contributed by atoms with van der Waals surface area (Å²) in [4.78, 5) is 0. The summed E-state index contributed by atoms with van der Waals surface area (Å²) in [6.45, 7) is 4.10. The van der Waals surface area contributed by atoms with Crippen molar-refractivity contribution in [3.63, 3.8) is 0 Å². The maximum absolute atomic E-state index is 4.22. The Bertz CT molecular complexity index is 401. The first-order chi connectivity index (χ1) is 6.77. The Morgan fingerprint density at radius 2 is 2.07 bits per heavy atom. The van der Waals surface area contributed by atoms with E-state index >= 15 is 0 Å². The Kier molecular flexibility index (Phi) is 2.30. The van der Waals surface area contributed by atoms with E-state index in [9.17, 15) is 0 Å². The molecule has 2 aromatic rings. The summed E-state index contributed by atoms with van der Waals surface area (Å²) in [5.74, 6) is 0. The van der Waals surface area contributed by atoms with Gasteiger partial charge in [-0.15, -0.1) is 5.10 Å². The Morgan fingerprint density at radius 3 is 2.64 bits per heavy atom. The van der Waals surface area contributed by atoms with Crippen LogP contribution in [-0.4, -0.2) is 25.6 Å². The third-order valence-electron chi connectivity index (χ3n) is 2.39. The van der Waals surface area contributed by atoms with Gasteiger partial charge in [-0.25, -0.2) is 0 Å². The number of aryl methyl sites for hydroxylation is 3. The van der Waals surface area contributed by atoms with Crippen molar-refractivity contribution in [1.82, 2.24) is 25.6 Å². The number of H-pyrrole nitrogens is 2. The molecule has 0 aliphatic carbocycles. The van der Waals surface area contributed by atoms with E-state index in [-0.39, 0.29) is 0 Å². The third kappa shape index (κ3) is 1.66. The number of aromatic amines is 2. The van der Waals surface area contributed by atoms with E-state index in [4.69, 9.17) is 0 Å². The van der Waals surface area contributed by atoms with Crippen LogP contribution in [0.3, 0.4) is 0 Å². The summed E-state index contributed by atoms with van der Waals surface area (Å²) in [5.41, 5.74) is 4.39. The van der Waals surface area contributed by atoms with Crippen molar-refractivity contribution in [2.24, 2.45) is 0 Å². The number of nitrogens with zero attached hydrogens (tertiary/aromatic N) is 3. The van der Waals surface area contributed by atoms with Crippen molar-refractivity contribution in [2.75, 3.05) is 0 Å². The molecule has 73 valence electrons. The minimum atomic E-state index is 0.845. The van der Waals surface area contributed by atoms with Crippen LogP contribution in [0.25, 0.3) is 0 Å². The first-order valence-electron chi connectivity index (χ1n) is 4.55. The van der Waals surface area contributed by atoms with Crippen LogP contribution < -0.4 is 0 Å². The molecule has 1 radical (unpaired) electrons. The first kappa shape index (κ1) is 8.93. The zero-order valence-electron chi connectivity index (χ0n) is 8.26. The van der Waals surface area contributed by atoms with Gasteiger partial charge in [0.05, 0.1) is 11.4 Å². The molecule has 2 rings (SSSR count). The molecular weight excluding hydrogens is 178 g/mol. The fourth-order valence-corrected chi connectivity index (χ4v) is 1.33. The minimum absolute atomic E-state index is 0.845. The molecule has 0 amide bonds. The molecular formula is C9H12N5. The fraction of sp³-hybridized carbons (Fsp3) is 0.444. The van der Waals surface area contributed by atoms with Gasteiger partial charge in [-0.1, -0.05) is 5.21 Å². The van der Waals surface area contributed by atoms with E-state index in [1.54, 1.807) is 0 Å². The molecule has 0 aliphatic rings. The van der Waals surface area contributed by atoms with Crippen molar-refractivity contribution in [1.29, 1.82) is 0 Å². The van der Waals surface area contributed by atoms with Crippen LogP contribution in [-0.2, 0) is 12.8 Å². The van der Waals surface area contributed by atoms with Gasteiger partial charge in [0.2, 0.25) is 0 Å². The predicted molar refractivity (Wildman–Crippen MR) is 50.7 cm³/mol. The highest BCUT2D eigenvalue weighted by Crippen LogP contribution is 2.10. The predicted octanol–water partition coefficient (Wildman–Crippen LogP) is 0.730. The molecule has 0 fully saturated rings. The lowest BCUT2D eigenvalue weighted by Crippen LogP contribution is -1.94. The van der Waals surface area contributed by atoms with Crippen LogP contribution in [0.5, 0.6) is 0 Å². The quantitative estimate of drug-likeness (QED) is 0.749. The maximum Gasteiger partial charge on any atom is 0.138 e. The molecule has 0 unspecified atom stereocenters. The molecule has 2 aromatic heterocycles. The van der Waals surface area contributed by atoms with Gasteiger partial charge in [-0.05, 0) is 32.3 Å². The number of hydrogen-bond acceptors (Lipinski definition) is 3. The summed E-state index contributed by atoms with van der Waals surface area (Å²) in [5, 5.41) is 17.2. The lowest BCUT2D eigenvalue weighted by Gasteiger charge is -1.95. The lowest BCUT2D eigenvalue weighted by molar-refractivity contribution is 0.841. The highest BCUT2D eigenvalue weighted by molar-refractivity contribution is 5.22. The van der Waals surface area contributed by atoms with Crippen LogP contribution in [0.15, 0.2) is 0 Å². The van der Waals surface area contributed by atoms with Gasteiger partial charge < -0.3 is 0 Å². The summed E-state index contributed by atoms with van der Waals surface area (Å²) >= 11 is 0. The van der Waals surface area contributed by atoms with Crippen LogP contribution in [0.1, 0.15) is 22.6 Å². The van der Waals surface area contributed by atoms with Crippen LogP contribution in [0, 0.1) is 20.0 Å². The highest BCUT2D eigenvalue weighted by Gasteiger charge is 2.06. The maximum atomic E-state index is 4.22. The molecule has 2 heterocycles. The second-order valence-electron chi connectivity index (χ2n) is 3.32. The SMILES string of the molecule is Cc1[nH]nc(CCc2[c]nn[nH]2)c1C. The Labute approximate surface area is 81.9 Å². The van der Waals surface area contributed by atoms with Gasteiger partial charge >= 0.3 is 0 Å². The summed E-state index contributed by atoms with van der Waals surface area (Å²) in [7, 11) is 0. The summed E-state index contributed by atoms with van der Waals surface area (Å²) in [6.07, 6.45) is 4.51. The molecule has 0 bridgehead atoms. The van der Waals surface area contributed by atoms with Gasteiger partial charge in [0.15, 0.2) is 0 Å². The van der Waals surface area contributed by atoms with Crippen molar-refractivity contribution < 1.29 is 0 Å². The largest absolute Gasteiger partial charge is 0.282 e. The van der Waals surface area contributed by atoms with Crippen molar-refractivity contribution in [3.8, 4) is 0 Å². The van der Waals surface area contributed by atoms with Crippen molar-refractivity contribution in [3.05, 3.63) is 28.8 Å². The number of rotatable bonds is 3. The fourth-order valence-electron chi connectivity index (χ4n) is 1.33. The van der Waals surface area contributed by atoms with Gasteiger partial charge in [0.1, 0.15) is 6.20 Å². The molecule has 5 heteroatoms. The normalized spacial score (nSPS) is 10.7. The van der Waals surface area contributed by atoms with E-state index in [2.05, 4.69) is 38.7 Å².